The Kier molecular flexibility index (Phi) is 3.09. The van der Waals surface area contributed by atoms with Crippen LogP contribution in [0.3, 0.4) is 0 Å². The van der Waals surface area contributed by atoms with Crippen molar-refractivity contribution in [3.8, 4) is 0 Å². The predicted octanol–water partition coefficient (Wildman–Crippen LogP) is 4.74. The Labute approximate surface area is 127 Å². The molecule has 0 amide bonds. The number of para-hydroxylation sites is 2. The van der Waals surface area contributed by atoms with E-state index in [0.29, 0.717) is 0 Å². The van der Waals surface area contributed by atoms with E-state index in [-0.39, 0.29) is 0 Å². The zero-order chi connectivity index (χ0) is 14.8. The van der Waals surface area contributed by atoms with Gasteiger partial charge < -0.3 is 9.40 Å². The Hall–Kier alpha value is -3.07. The first kappa shape index (κ1) is 12.7. The third-order valence-electron chi connectivity index (χ3n) is 3.56. The minimum absolute atomic E-state index is 0.805. The van der Waals surface area contributed by atoms with E-state index in [4.69, 9.17) is 9.40 Å². The molecule has 4 aromatic rings. The number of imidazole rings is 1. The molecule has 0 aliphatic rings. The molecule has 4 rings (SSSR count). The molecule has 0 unspecified atom stereocenters. The smallest absolute Gasteiger partial charge is 0.139 e. The Morgan fingerprint density at radius 3 is 2.50 bits per heavy atom. The molecule has 0 radical (unpaired) electrons. The van der Waals surface area contributed by atoms with Gasteiger partial charge in [-0.25, -0.2) is 4.98 Å². The molecule has 1 N–H and O–H groups in total. The fourth-order valence-electron chi connectivity index (χ4n) is 2.50. The summed E-state index contributed by atoms with van der Waals surface area (Å²) in [5.41, 5.74) is 4.09. The van der Waals surface area contributed by atoms with Crippen LogP contribution in [0.4, 0.5) is 0 Å². The van der Waals surface area contributed by atoms with Crippen LogP contribution >= 0.6 is 0 Å². The molecule has 0 fully saturated rings. The minimum Gasteiger partial charge on any atom is -0.465 e. The highest BCUT2D eigenvalue weighted by Crippen LogP contribution is 2.26. The second kappa shape index (κ2) is 5.37. The third kappa shape index (κ3) is 2.33. The topological polar surface area (TPSA) is 41.8 Å². The number of rotatable bonds is 3. The average Bonchev–Trinajstić information content (AvgIpc) is 3.22. The number of aromatic nitrogens is 2. The molecule has 2 aromatic carbocycles. The second-order valence-electron chi connectivity index (χ2n) is 5.04. The number of fused-ring (bicyclic) bond motifs is 1. The summed E-state index contributed by atoms with van der Waals surface area (Å²) in [6.07, 6.45) is 3.68. The van der Waals surface area contributed by atoms with E-state index in [2.05, 4.69) is 17.1 Å². The van der Waals surface area contributed by atoms with Crippen molar-refractivity contribution in [1.29, 1.82) is 0 Å². The van der Waals surface area contributed by atoms with Crippen molar-refractivity contribution in [3.05, 3.63) is 90.1 Å². The molecule has 0 atom stereocenters. The van der Waals surface area contributed by atoms with Crippen LogP contribution in [0, 0.1) is 0 Å². The predicted molar refractivity (Wildman–Crippen MR) is 88.2 cm³/mol. The molecule has 3 nitrogen and oxygen atoms in total. The molecular weight excluding hydrogens is 272 g/mol. The molecule has 22 heavy (non-hydrogen) atoms. The van der Waals surface area contributed by atoms with Gasteiger partial charge in [0.05, 0.1) is 17.3 Å². The quantitative estimate of drug-likeness (QED) is 0.590. The lowest BCUT2D eigenvalue weighted by molar-refractivity contribution is 0.557. The van der Waals surface area contributed by atoms with E-state index in [1.165, 1.54) is 0 Å². The van der Waals surface area contributed by atoms with E-state index < -0.39 is 0 Å². The summed E-state index contributed by atoms with van der Waals surface area (Å²) in [7, 11) is 0. The number of furan rings is 1. The average molecular weight is 286 g/mol. The SMILES string of the molecule is C(=C(/c1ccccc1)c1nc2ccccc2[nH]1)/c1ccco1. The van der Waals surface area contributed by atoms with Crippen molar-refractivity contribution in [2.24, 2.45) is 0 Å². The van der Waals surface area contributed by atoms with Crippen molar-refractivity contribution in [2.45, 2.75) is 0 Å². The van der Waals surface area contributed by atoms with Gasteiger partial charge in [0.2, 0.25) is 0 Å². The number of benzene rings is 2. The molecule has 0 aliphatic carbocycles. The van der Waals surface area contributed by atoms with Crippen LogP contribution in [-0.4, -0.2) is 9.97 Å². The summed E-state index contributed by atoms with van der Waals surface area (Å²) in [4.78, 5) is 8.09. The Morgan fingerprint density at radius 2 is 1.73 bits per heavy atom. The van der Waals surface area contributed by atoms with Gasteiger partial charge in [0.25, 0.3) is 0 Å². The van der Waals surface area contributed by atoms with E-state index in [1.807, 2.05) is 60.7 Å². The zero-order valence-corrected chi connectivity index (χ0v) is 11.9. The van der Waals surface area contributed by atoms with Crippen LogP contribution in [0.15, 0.2) is 77.4 Å². The van der Waals surface area contributed by atoms with Gasteiger partial charge in [0, 0.05) is 5.57 Å². The summed E-state index contributed by atoms with van der Waals surface area (Å²) >= 11 is 0. The lowest BCUT2D eigenvalue weighted by Gasteiger charge is -2.04. The largest absolute Gasteiger partial charge is 0.465 e. The molecule has 0 bridgehead atoms. The number of nitrogens with zero attached hydrogens (tertiary/aromatic N) is 1. The minimum atomic E-state index is 0.805. The third-order valence-corrected chi connectivity index (χ3v) is 3.56. The monoisotopic (exact) mass is 286 g/mol. The van der Waals surface area contributed by atoms with E-state index in [0.717, 1.165) is 33.8 Å². The maximum Gasteiger partial charge on any atom is 0.139 e. The first-order chi connectivity index (χ1) is 10.9. The molecule has 0 spiro atoms. The van der Waals surface area contributed by atoms with Crippen LogP contribution in [-0.2, 0) is 0 Å². The molecule has 106 valence electrons. The van der Waals surface area contributed by atoms with E-state index in [1.54, 1.807) is 6.26 Å². The van der Waals surface area contributed by atoms with E-state index in [9.17, 15) is 0 Å². The van der Waals surface area contributed by atoms with Crippen LogP contribution < -0.4 is 0 Å². The number of hydrogen-bond acceptors (Lipinski definition) is 2. The van der Waals surface area contributed by atoms with Crippen molar-refractivity contribution in [1.82, 2.24) is 9.97 Å². The summed E-state index contributed by atoms with van der Waals surface area (Å²) < 4.78 is 5.46. The Balaban J connectivity index is 1.90. The highest BCUT2D eigenvalue weighted by Gasteiger charge is 2.11. The molecule has 0 saturated carbocycles. The van der Waals surface area contributed by atoms with E-state index >= 15 is 0 Å². The maximum atomic E-state index is 5.46. The summed E-state index contributed by atoms with van der Waals surface area (Å²) in [6.45, 7) is 0. The number of aromatic amines is 1. The number of hydrogen-bond donors (Lipinski definition) is 1. The van der Waals surface area contributed by atoms with Crippen LogP contribution in [0.1, 0.15) is 17.1 Å². The van der Waals surface area contributed by atoms with Gasteiger partial charge in [-0.15, -0.1) is 0 Å². The highest BCUT2D eigenvalue weighted by molar-refractivity contribution is 5.91. The fourth-order valence-corrected chi connectivity index (χ4v) is 2.50. The molecule has 3 heteroatoms. The molecular formula is C19H14N2O. The molecule has 0 saturated heterocycles. The Morgan fingerprint density at radius 1 is 0.909 bits per heavy atom. The lowest BCUT2D eigenvalue weighted by Crippen LogP contribution is -1.90. The fraction of sp³-hybridized carbons (Fsp3) is 0. The van der Waals surface area contributed by atoms with Gasteiger partial charge in [0.15, 0.2) is 0 Å². The first-order valence-electron chi connectivity index (χ1n) is 7.16. The highest BCUT2D eigenvalue weighted by atomic mass is 16.3. The van der Waals surface area contributed by atoms with Gasteiger partial charge in [-0.05, 0) is 35.9 Å². The van der Waals surface area contributed by atoms with Gasteiger partial charge >= 0.3 is 0 Å². The standard InChI is InChI=1S/C19H14N2O/c1-2-7-14(8-3-1)16(13-15-9-6-12-22-15)19-20-17-10-4-5-11-18(17)21-19/h1-13H,(H,20,21)/b16-13+. The van der Waals surface area contributed by atoms with Gasteiger partial charge in [-0.3, -0.25) is 0 Å². The summed E-state index contributed by atoms with van der Waals surface area (Å²) in [6, 6.07) is 22.0. The van der Waals surface area contributed by atoms with Crippen molar-refractivity contribution in [3.63, 3.8) is 0 Å². The van der Waals surface area contributed by atoms with Crippen molar-refractivity contribution in [2.75, 3.05) is 0 Å². The first-order valence-corrected chi connectivity index (χ1v) is 7.16. The Bertz CT molecular complexity index is 885. The number of H-pyrrole nitrogens is 1. The van der Waals surface area contributed by atoms with Crippen molar-refractivity contribution < 1.29 is 4.42 Å². The molecule has 2 heterocycles. The maximum absolute atomic E-state index is 5.46. The molecule has 2 aromatic heterocycles. The number of nitrogens with one attached hydrogen (secondary N) is 1. The summed E-state index contributed by atoms with van der Waals surface area (Å²) in [5, 5.41) is 0. The van der Waals surface area contributed by atoms with Gasteiger partial charge in [0.1, 0.15) is 11.6 Å². The second-order valence-corrected chi connectivity index (χ2v) is 5.04. The van der Waals surface area contributed by atoms with Crippen LogP contribution in [0.5, 0.6) is 0 Å². The van der Waals surface area contributed by atoms with Crippen LogP contribution in [0.25, 0.3) is 22.7 Å². The van der Waals surface area contributed by atoms with Crippen molar-refractivity contribution >= 4 is 22.7 Å². The summed E-state index contributed by atoms with van der Waals surface area (Å²) in [5.74, 6) is 1.64. The van der Waals surface area contributed by atoms with Crippen LogP contribution in [0.2, 0.25) is 0 Å². The van der Waals surface area contributed by atoms with Gasteiger partial charge in [-0.2, -0.15) is 0 Å². The molecule has 0 aliphatic heterocycles. The zero-order valence-electron chi connectivity index (χ0n) is 11.9. The van der Waals surface area contributed by atoms with Gasteiger partial charge in [-0.1, -0.05) is 42.5 Å². The lowest BCUT2D eigenvalue weighted by atomic mass is 10.0. The normalized spacial score (nSPS) is 11.9.